The van der Waals surface area contributed by atoms with Crippen molar-refractivity contribution in [1.82, 2.24) is 0 Å². The first-order valence-electron chi connectivity index (χ1n) is 5.78. The van der Waals surface area contributed by atoms with Gasteiger partial charge in [0.2, 0.25) is 0 Å². The average Bonchev–Trinajstić information content (AvgIpc) is 2.17. The number of hydrogen-bond donors (Lipinski definition) is 1. The highest BCUT2D eigenvalue weighted by Gasteiger charge is 2.27. The lowest BCUT2D eigenvalue weighted by molar-refractivity contribution is 0.257. The van der Waals surface area contributed by atoms with Crippen LogP contribution < -0.4 is 0 Å². The highest BCUT2D eigenvalue weighted by Crippen LogP contribution is 2.38. The molecule has 1 unspecified atom stereocenters. The van der Waals surface area contributed by atoms with Crippen molar-refractivity contribution in [3.8, 4) is 0 Å². The molecule has 88 valence electrons. The van der Waals surface area contributed by atoms with E-state index in [1.54, 1.807) is 0 Å². The lowest BCUT2D eigenvalue weighted by Gasteiger charge is -2.34. The third-order valence-corrected chi connectivity index (χ3v) is 3.61. The smallest absolute Gasteiger partial charge is 0.0639 e. The van der Waals surface area contributed by atoms with Crippen molar-refractivity contribution in [3.05, 3.63) is 23.8 Å². The summed E-state index contributed by atoms with van der Waals surface area (Å²) < 4.78 is 0. The van der Waals surface area contributed by atoms with Crippen LogP contribution in [0.1, 0.15) is 47.5 Å². The quantitative estimate of drug-likeness (QED) is 0.658. The fourth-order valence-corrected chi connectivity index (χ4v) is 1.73. The first-order chi connectivity index (χ1) is 6.86. The topological polar surface area (TPSA) is 20.2 Å². The Bertz CT molecular complexity index is 236. The highest BCUT2D eigenvalue weighted by atomic mass is 16.3. The van der Waals surface area contributed by atoms with Gasteiger partial charge in [-0.05, 0) is 31.6 Å². The molecular weight excluding hydrogens is 184 g/mol. The van der Waals surface area contributed by atoms with E-state index in [1.165, 1.54) is 5.57 Å². The van der Waals surface area contributed by atoms with Crippen LogP contribution >= 0.6 is 0 Å². The van der Waals surface area contributed by atoms with Crippen LogP contribution in [0.3, 0.4) is 0 Å². The molecule has 0 spiro atoms. The third kappa shape index (κ3) is 4.21. The Morgan fingerprint density at radius 1 is 1.40 bits per heavy atom. The van der Waals surface area contributed by atoms with Crippen molar-refractivity contribution >= 4 is 0 Å². The van der Waals surface area contributed by atoms with Crippen LogP contribution in [0.5, 0.6) is 0 Å². The summed E-state index contributed by atoms with van der Waals surface area (Å²) in [5, 5.41) is 8.95. The zero-order valence-electron chi connectivity index (χ0n) is 10.9. The second kappa shape index (κ2) is 6.12. The van der Waals surface area contributed by atoms with Crippen molar-refractivity contribution in [2.45, 2.75) is 47.5 Å². The van der Waals surface area contributed by atoms with E-state index in [0.29, 0.717) is 5.92 Å². The van der Waals surface area contributed by atoms with Crippen LogP contribution in [0.25, 0.3) is 0 Å². The largest absolute Gasteiger partial charge is 0.392 e. The molecule has 0 radical (unpaired) electrons. The second-order valence-electron chi connectivity index (χ2n) is 5.05. The molecular formula is C14H26O. The number of hydrogen-bond acceptors (Lipinski definition) is 1. The molecule has 0 aromatic rings. The second-order valence-corrected chi connectivity index (χ2v) is 5.05. The molecule has 0 bridgehead atoms. The number of allylic oxidation sites excluding steroid dienone is 2. The highest BCUT2D eigenvalue weighted by molar-refractivity contribution is 5.08. The average molecular weight is 210 g/mol. The zero-order valence-corrected chi connectivity index (χ0v) is 10.9. The molecule has 1 N–H and O–H groups in total. The summed E-state index contributed by atoms with van der Waals surface area (Å²) in [5.74, 6) is 0.608. The van der Waals surface area contributed by atoms with E-state index in [9.17, 15) is 0 Å². The van der Waals surface area contributed by atoms with Gasteiger partial charge in [-0.2, -0.15) is 0 Å². The summed E-state index contributed by atoms with van der Waals surface area (Å²) >= 11 is 0. The summed E-state index contributed by atoms with van der Waals surface area (Å²) in [5.41, 5.74) is 2.48. The van der Waals surface area contributed by atoms with Crippen LogP contribution in [0.15, 0.2) is 23.8 Å². The molecule has 1 atom stereocenters. The van der Waals surface area contributed by atoms with Crippen molar-refractivity contribution in [2.24, 2.45) is 11.3 Å². The van der Waals surface area contributed by atoms with Gasteiger partial charge in [0, 0.05) is 0 Å². The lowest BCUT2D eigenvalue weighted by atomic mass is 9.71. The van der Waals surface area contributed by atoms with Crippen LogP contribution in [0, 0.1) is 11.3 Å². The molecule has 0 heterocycles. The summed E-state index contributed by atoms with van der Waals surface area (Å²) in [6, 6.07) is 0. The molecule has 0 aliphatic rings. The molecule has 0 rings (SSSR count). The molecule has 0 saturated heterocycles. The van der Waals surface area contributed by atoms with E-state index in [2.05, 4.69) is 40.3 Å². The Labute approximate surface area is 94.9 Å². The maximum Gasteiger partial charge on any atom is 0.0639 e. The predicted molar refractivity (Wildman–Crippen MR) is 67.8 cm³/mol. The van der Waals surface area contributed by atoms with Crippen molar-refractivity contribution in [1.29, 1.82) is 0 Å². The minimum absolute atomic E-state index is 0.171. The van der Waals surface area contributed by atoms with Crippen LogP contribution in [0.4, 0.5) is 0 Å². The van der Waals surface area contributed by atoms with Crippen molar-refractivity contribution < 1.29 is 5.11 Å². The molecule has 0 amide bonds. The van der Waals surface area contributed by atoms with Gasteiger partial charge in [0.25, 0.3) is 0 Å². The van der Waals surface area contributed by atoms with Gasteiger partial charge in [-0.15, -0.1) is 0 Å². The predicted octanol–water partition coefficient (Wildman–Crippen LogP) is 3.94. The molecule has 0 aromatic carbocycles. The molecule has 0 saturated carbocycles. The molecule has 0 aliphatic heterocycles. The minimum Gasteiger partial charge on any atom is -0.392 e. The van der Waals surface area contributed by atoms with Gasteiger partial charge < -0.3 is 5.11 Å². The Morgan fingerprint density at radius 3 is 2.27 bits per heavy atom. The monoisotopic (exact) mass is 210 g/mol. The van der Waals surface area contributed by atoms with Gasteiger partial charge in [0.1, 0.15) is 0 Å². The number of aliphatic hydroxyl groups excluding tert-OH is 1. The third-order valence-electron chi connectivity index (χ3n) is 3.61. The maximum atomic E-state index is 8.95. The molecule has 0 fully saturated rings. The Balaban J connectivity index is 4.57. The summed E-state index contributed by atoms with van der Waals surface area (Å²) in [6.45, 7) is 15.0. The maximum absolute atomic E-state index is 8.95. The number of aliphatic hydroxyl groups is 1. The van der Waals surface area contributed by atoms with Gasteiger partial charge in [-0.3, -0.25) is 0 Å². The van der Waals surface area contributed by atoms with Gasteiger partial charge in [0.05, 0.1) is 6.61 Å². The summed E-state index contributed by atoms with van der Waals surface area (Å²) in [4.78, 5) is 0. The first-order valence-corrected chi connectivity index (χ1v) is 5.78. The van der Waals surface area contributed by atoms with Crippen LogP contribution in [0.2, 0.25) is 0 Å². The van der Waals surface area contributed by atoms with Crippen LogP contribution in [-0.4, -0.2) is 11.7 Å². The van der Waals surface area contributed by atoms with Gasteiger partial charge in [-0.25, -0.2) is 0 Å². The Morgan fingerprint density at radius 2 is 1.93 bits per heavy atom. The fourth-order valence-electron chi connectivity index (χ4n) is 1.73. The molecule has 1 nitrogen and oxygen atoms in total. The van der Waals surface area contributed by atoms with E-state index >= 15 is 0 Å². The fraction of sp³-hybridized carbons (Fsp3) is 0.714. The van der Waals surface area contributed by atoms with Gasteiger partial charge >= 0.3 is 0 Å². The standard InChI is InChI=1S/C14H26O/c1-7-13(9-8-12(4)10-15)14(5,6)11(2)3/h8,13,15H,2,7,9-10H2,1,3-6H3/b12-8+. The van der Waals surface area contributed by atoms with Crippen molar-refractivity contribution in [3.63, 3.8) is 0 Å². The van der Waals surface area contributed by atoms with Gasteiger partial charge in [-0.1, -0.05) is 51.0 Å². The van der Waals surface area contributed by atoms with E-state index in [-0.39, 0.29) is 12.0 Å². The Hall–Kier alpha value is -0.560. The molecule has 15 heavy (non-hydrogen) atoms. The molecule has 1 heteroatoms. The van der Waals surface area contributed by atoms with E-state index in [4.69, 9.17) is 5.11 Å². The molecule has 0 aliphatic carbocycles. The summed E-state index contributed by atoms with van der Waals surface area (Å²) in [7, 11) is 0. The molecule has 0 aromatic heterocycles. The Kier molecular flexibility index (Phi) is 5.89. The van der Waals surface area contributed by atoms with E-state index < -0.39 is 0 Å². The zero-order chi connectivity index (χ0) is 12.1. The first kappa shape index (κ1) is 14.4. The minimum atomic E-state index is 0.171. The van der Waals surface area contributed by atoms with Crippen LogP contribution in [-0.2, 0) is 0 Å². The normalized spacial score (nSPS) is 15.2. The van der Waals surface area contributed by atoms with E-state index in [1.807, 2.05) is 6.92 Å². The van der Waals surface area contributed by atoms with E-state index in [0.717, 1.165) is 18.4 Å². The number of rotatable bonds is 6. The SMILES string of the molecule is C=C(C)C(C)(C)C(CC)C/C=C(\C)CO. The summed E-state index contributed by atoms with van der Waals surface area (Å²) in [6.07, 6.45) is 4.33. The van der Waals surface area contributed by atoms with Gasteiger partial charge in [0.15, 0.2) is 0 Å². The lowest BCUT2D eigenvalue weighted by Crippen LogP contribution is -2.24. The van der Waals surface area contributed by atoms with Crippen molar-refractivity contribution in [2.75, 3.05) is 6.61 Å².